The number of methoxy groups -OCH3 is 1. The predicted molar refractivity (Wildman–Crippen MR) is 83.2 cm³/mol. The molecular formula is C16H24N2O3. The molecular weight excluding hydrogens is 268 g/mol. The van der Waals surface area contributed by atoms with Gasteiger partial charge in [-0.3, -0.25) is 4.79 Å². The van der Waals surface area contributed by atoms with Crippen LogP contribution in [0.1, 0.15) is 26.7 Å². The molecule has 0 spiro atoms. The summed E-state index contributed by atoms with van der Waals surface area (Å²) in [5.74, 6) is -0.622. The van der Waals surface area contributed by atoms with Crippen molar-refractivity contribution in [2.24, 2.45) is 0 Å². The molecule has 1 rings (SSSR count). The van der Waals surface area contributed by atoms with Gasteiger partial charge in [0.1, 0.15) is 5.54 Å². The Morgan fingerprint density at radius 1 is 1.29 bits per heavy atom. The summed E-state index contributed by atoms with van der Waals surface area (Å²) in [6.07, 6.45) is 1.32. The van der Waals surface area contributed by atoms with Crippen LogP contribution in [0.2, 0.25) is 0 Å². The highest BCUT2D eigenvalue weighted by atomic mass is 16.5. The maximum atomic E-state index is 12.2. The van der Waals surface area contributed by atoms with Gasteiger partial charge in [0.15, 0.2) is 0 Å². The molecule has 116 valence electrons. The van der Waals surface area contributed by atoms with Crippen LogP contribution in [-0.2, 0) is 14.3 Å². The molecule has 1 aromatic rings. The van der Waals surface area contributed by atoms with Crippen molar-refractivity contribution in [3.63, 3.8) is 0 Å². The lowest BCUT2D eigenvalue weighted by molar-refractivity contribution is -0.150. The Morgan fingerprint density at radius 3 is 2.43 bits per heavy atom. The van der Waals surface area contributed by atoms with Gasteiger partial charge in [0.25, 0.3) is 0 Å². The van der Waals surface area contributed by atoms with E-state index in [-0.39, 0.29) is 12.5 Å². The molecule has 0 saturated carbocycles. The van der Waals surface area contributed by atoms with E-state index in [1.54, 1.807) is 6.92 Å². The Balaban J connectivity index is 2.68. The second-order valence-corrected chi connectivity index (χ2v) is 5.31. The first kappa shape index (κ1) is 17.0. The van der Waals surface area contributed by atoms with E-state index in [1.165, 1.54) is 7.11 Å². The molecule has 1 aromatic carbocycles. The van der Waals surface area contributed by atoms with Gasteiger partial charge in [-0.15, -0.1) is 0 Å². The molecule has 0 aliphatic carbocycles. The van der Waals surface area contributed by atoms with E-state index < -0.39 is 11.5 Å². The van der Waals surface area contributed by atoms with Crippen LogP contribution in [0.3, 0.4) is 0 Å². The molecule has 0 aromatic heterocycles. The summed E-state index contributed by atoms with van der Waals surface area (Å²) >= 11 is 0. The lowest BCUT2D eigenvalue weighted by atomic mass is 9.96. The van der Waals surface area contributed by atoms with Crippen LogP contribution < -0.4 is 10.2 Å². The molecule has 0 heterocycles. The number of nitrogens with one attached hydrogen (secondary N) is 1. The van der Waals surface area contributed by atoms with Crippen LogP contribution >= 0.6 is 0 Å². The number of ether oxygens (including phenoxy) is 1. The van der Waals surface area contributed by atoms with E-state index >= 15 is 0 Å². The molecule has 0 aliphatic heterocycles. The Kier molecular flexibility index (Phi) is 6.21. The molecule has 0 bridgehead atoms. The zero-order valence-corrected chi connectivity index (χ0v) is 13.2. The van der Waals surface area contributed by atoms with E-state index in [2.05, 4.69) is 5.32 Å². The summed E-state index contributed by atoms with van der Waals surface area (Å²) in [6.45, 7) is 3.84. The van der Waals surface area contributed by atoms with Gasteiger partial charge in [-0.05, 0) is 25.5 Å². The highest BCUT2D eigenvalue weighted by Crippen LogP contribution is 2.15. The number of anilines is 1. The van der Waals surface area contributed by atoms with E-state index in [9.17, 15) is 9.59 Å². The number of nitrogens with zero attached hydrogens (tertiary/aromatic N) is 1. The second-order valence-electron chi connectivity index (χ2n) is 5.31. The van der Waals surface area contributed by atoms with Gasteiger partial charge in [0.2, 0.25) is 5.91 Å². The van der Waals surface area contributed by atoms with E-state index in [0.29, 0.717) is 6.42 Å². The molecule has 0 aliphatic rings. The standard InChI is InChI=1S/C16H24N2O3/c1-5-11-16(2,15(20)21-4)17-14(19)12-18(3)13-9-7-6-8-10-13/h6-10H,5,11-12H2,1-4H3,(H,17,19). The van der Waals surface area contributed by atoms with Crippen LogP contribution in [0.25, 0.3) is 0 Å². The van der Waals surface area contributed by atoms with E-state index in [4.69, 9.17) is 4.74 Å². The van der Waals surface area contributed by atoms with Gasteiger partial charge in [-0.25, -0.2) is 4.79 Å². The first-order valence-electron chi connectivity index (χ1n) is 7.08. The quantitative estimate of drug-likeness (QED) is 0.781. The molecule has 0 saturated heterocycles. The van der Waals surface area contributed by atoms with Crippen molar-refractivity contribution in [2.75, 3.05) is 25.6 Å². The molecule has 1 atom stereocenters. The zero-order chi connectivity index (χ0) is 15.9. The first-order chi connectivity index (χ1) is 9.92. The second kappa shape index (κ2) is 7.67. The number of hydrogen-bond acceptors (Lipinski definition) is 4. The molecule has 0 radical (unpaired) electrons. The highest BCUT2D eigenvalue weighted by molar-refractivity contribution is 5.89. The first-order valence-corrected chi connectivity index (χ1v) is 7.08. The van der Waals surface area contributed by atoms with Crippen LogP contribution in [0.5, 0.6) is 0 Å². The zero-order valence-electron chi connectivity index (χ0n) is 13.2. The van der Waals surface area contributed by atoms with Crippen molar-refractivity contribution in [3.05, 3.63) is 30.3 Å². The molecule has 21 heavy (non-hydrogen) atoms. The van der Waals surface area contributed by atoms with Crippen molar-refractivity contribution in [1.82, 2.24) is 5.32 Å². The third-order valence-corrected chi connectivity index (χ3v) is 3.38. The van der Waals surface area contributed by atoms with E-state index in [0.717, 1.165) is 12.1 Å². The van der Waals surface area contributed by atoms with Crippen molar-refractivity contribution in [2.45, 2.75) is 32.2 Å². The van der Waals surface area contributed by atoms with Crippen molar-refractivity contribution in [1.29, 1.82) is 0 Å². The van der Waals surface area contributed by atoms with Crippen molar-refractivity contribution >= 4 is 17.6 Å². The molecule has 1 N–H and O–H groups in total. The maximum Gasteiger partial charge on any atom is 0.331 e. The van der Waals surface area contributed by atoms with Gasteiger partial charge in [0.05, 0.1) is 13.7 Å². The maximum absolute atomic E-state index is 12.2. The topological polar surface area (TPSA) is 58.6 Å². The summed E-state index contributed by atoms with van der Waals surface area (Å²) in [5.41, 5.74) is -0.0270. The molecule has 1 unspecified atom stereocenters. The van der Waals surface area contributed by atoms with Crippen LogP contribution in [-0.4, -0.2) is 38.1 Å². The third kappa shape index (κ3) is 4.77. The normalized spacial score (nSPS) is 13.1. The summed E-state index contributed by atoms with van der Waals surface area (Å²) in [5, 5.41) is 2.79. The summed E-state index contributed by atoms with van der Waals surface area (Å²) in [6, 6.07) is 9.61. The van der Waals surface area contributed by atoms with E-state index in [1.807, 2.05) is 49.2 Å². The minimum absolute atomic E-state index is 0.181. The number of para-hydroxylation sites is 1. The molecule has 1 amide bonds. The number of likely N-dealkylation sites (N-methyl/N-ethyl adjacent to an activating group) is 1. The molecule has 5 heteroatoms. The van der Waals surface area contributed by atoms with Crippen LogP contribution in [0.15, 0.2) is 30.3 Å². The minimum atomic E-state index is -0.974. The lowest BCUT2D eigenvalue weighted by Crippen LogP contribution is -2.54. The smallest absolute Gasteiger partial charge is 0.331 e. The Labute approximate surface area is 126 Å². The number of carbonyl (C=O) groups is 2. The fourth-order valence-electron chi connectivity index (χ4n) is 2.28. The number of rotatable bonds is 7. The van der Waals surface area contributed by atoms with Crippen molar-refractivity contribution < 1.29 is 14.3 Å². The van der Waals surface area contributed by atoms with Crippen LogP contribution in [0.4, 0.5) is 5.69 Å². The third-order valence-electron chi connectivity index (χ3n) is 3.38. The number of amides is 1. The fraction of sp³-hybridized carbons (Fsp3) is 0.500. The Morgan fingerprint density at radius 2 is 1.90 bits per heavy atom. The summed E-state index contributed by atoms with van der Waals surface area (Å²) in [4.78, 5) is 25.9. The molecule has 0 fully saturated rings. The van der Waals surface area contributed by atoms with Crippen LogP contribution in [0, 0.1) is 0 Å². The summed E-state index contributed by atoms with van der Waals surface area (Å²) in [7, 11) is 3.17. The van der Waals surface area contributed by atoms with Gasteiger partial charge in [-0.1, -0.05) is 31.5 Å². The van der Waals surface area contributed by atoms with Gasteiger partial charge in [-0.2, -0.15) is 0 Å². The average Bonchev–Trinajstić information content (AvgIpc) is 2.47. The Hall–Kier alpha value is -2.04. The Bertz CT molecular complexity index is 476. The number of benzene rings is 1. The average molecular weight is 292 g/mol. The monoisotopic (exact) mass is 292 g/mol. The minimum Gasteiger partial charge on any atom is -0.467 e. The van der Waals surface area contributed by atoms with Crippen molar-refractivity contribution in [3.8, 4) is 0 Å². The van der Waals surface area contributed by atoms with Gasteiger partial charge in [0, 0.05) is 12.7 Å². The molecule has 5 nitrogen and oxygen atoms in total. The highest BCUT2D eigenvalue weighted by Gasteiger charge is 2.35. The number of carbonyl (C=O) groups excluding carboxylic acids is 2. The summed E-state index contributed by atoms with van der Waals surface area (Å²) < 4.78 is 4.79. The SMILES string of the molecule is CCCC(C)(NC(=O)CN(C)c1ccccc1)C(=O)OC. The van der Waals surface area contributed by atoms with Gasteiger partial charge < -0.3 is 15.0 Å². The fourth-order valence-corrected chi connectivity index (χ4v) is 2.28. The largest absolute Gasteiger partial charge is 0.467 e. The number of esters is 1. The predicted octanol–water partition coefficient (Wildman–Crippen LogP) is 1.97. The van der Waals surface area contributed by atoms with Gasteiger partial charge >= 0.3 is 5.97 Å². The number of hydrogen-bond donors (Lipinski definition) is 1. The lowest BCUT2D eigenvalue weighted by Gasteiger charge is -2.29.